The monoisotopic (exact) mass is 575 g/mol. The average Bonchev–Trinajstić information content (AvgIpc) is 3.21. The summed E-state index contributed by atoms with van der Waals surface area (Å²) in [5.41, 5.74) is 2.48. The van der Waals surface area contributed by atoms with E-state index in [0.29, 0.717) is 28.3 Å². The summed E-state index contributed by atoms with van der Waals surface area (Å²) in [6.07, 6.45) is -0.175. The van der Waals surface area contributed by atoms with Gasteiger partial charge in [-0.1, -0.05) is 12.1 Å². The molecule has 1 fully saturated rings. The van der Waals surface area contributed by atoms with Crippen molar-refractivity contribution in [2.75, 3.05) is 31.0 Å². The largest absolute Gasteiger partial charge is 0.497 e. The first kappa shape index (κ1) is 29.2. The van der Waals surface area contributed by atoms with Crippen molar-refractivity contribution in [1.82, 2.24) is 4.90 Å². The Hall–Kier alpha value is -4.77. The molecular formula is C30H29N3O7S. The van der Waals surface area contributed by atoms with Crippen LogP contribution in [0.4, 0.5) is 11.4 Å². The van der Waals surface area contributed by atoms with Crippen molar-refractivity contribution in [2.45, 2.75) is 25.9 Å². The van der Waals surface area contributed by atoms with Crippen LogP contribution in [0, 0.1) is 0 Å². The van der Waals surface area contributed by atoms with Crippen molar-refractivity contribution in [3.8, 4) is 5.75 Å². The molecular weight excluding hydrogens is 546 g/mol. The van der Waals surface area contributed by atoms with E-state index in [1.165, 1.54) is 24.1 Å². The lowest BCUT2D eigenvalue weighted by Crippen LogP contribution is -2.37. The van der Waals surface area contributed by atoms with Crippen LogP contribution in [-0.2, 0) is 25.6 Å². The number of hydrogen-bond donors (Lipinski definition) is 1. The van der Waals surface area contributed by atoms with Crippen molar-refractivity contribution < 1.29 is 33.4 Å². The number of carbonyl (C=O) groups excluding carboxylic acids is 4. The van der Waals surface area contributed by atoms with Crippen molar-refractivity contribution in [3.05, 3.63) is 89.5 Å². The van der Waals surface area contributed by atoms with Gasteiger partial charge >= 0.3 is 11.9 Å². The lowest BCUT2D eigenvalue weighted by atomic mass is 10.1. The van der Waals surface area contributed by atoms with E-state index < -0.39 is 23.9 Å². The van der Waals surface area contributed by atoms with Gasteiger partial charge in [0.1, 0.15) is 11.8 Å². The maximum Gasteiger partial charge on any atom is 0.338 e. The molecule has 2 amide bonds. The summed E-state index contributed by atoms with van der Waals surface area (Å²) in [6, 6.07) is 19.1. The fourth-order valence-corrected chi connectivity index (χ4v) is 4.72. The van der Waals surface area contributed by atoms with Crippen LogP contribution in [0.2, 0.25) is 0 Å². The van der Waals surface area contributed by atoms with E-state index in [1.54, 1.807) is 55.3 Å². The molecule has 4 rings (SSSR count). The molecule has 1 atom stereocenters. The van der Waals surface area contributed by atoms with Gasteiger partial charge in [0.15, 0.2) is 5.11 Å². The van der Waals surface area contributed by atoms with Gasteiger partial charge in [-0.25, -0.2) is 9.59 Å². The summed E-state index contributed by atoms with van der Waals surface area (Å²) in [7, 11) is 2.86. The second-order valence-corrected chi connectivity index (χ2v) is 9.40. The van der Waals surface area contributed by atoms with Crippen LogP contribution in [0.1, 0.15) is 39.6 Å². The summed E-state index contributed by atoms with van der Waals surface area (Å²) < 4.78 is 15.0. The second-order valence-electron chi connectivity index (χ2n) is 9.04. The smallest absolute Gasteiger partial charge is 0.338 e. The molecule has 0 spiro atoms. The molecule has 41 heavy (non-hydrogen) atoms. The quantitative estimate of drug-likeness (QED) is 0.281. The summed E-state index contributed by atoms with van der Waals surface area (Å²) in [5, 5.41) is 3.01. The van der Waals surface area contributed by atoms with Crippen LogP contribution in [0.25, 0.3) is 0 Å². The number of carbonyl (C=O) groups is 4. The topological polar surface area (TPSA) is 114 Å². The van der Waals surface area contributed by atoms with Gasteiger partial charge in [0.25, 0.3) is 5.91 Å². The van der Waals surface area contributed by atoms with Crippen LogP contribution >= 0.6 is 12.2 Å². The third-order valence-corrected chi connectivity index (χ3v) is 6.85. The van der Waals surface area contributed by atoms with Gasteiger partial charge in [0.05, 0.1) is 44.1 Å². The van der Waals surface area contributed by atoms with Gasteiger partial charge in [-0.15, -0.1) is 0 Å². The molecule has 0 saturated carbocycles. The van der Waals surface area contributed by atoms with Gasteiger partial charge in [-0.3, -0.25) is 14.5 Å². The van der Waals surface area contributed by atoms with E-state index in [1.807, 2.05) is 24.3 Å². The third-order valence-electron chi connectivity index (χ3n) is 6.44. The molecule has 0 radical (unpaired) electrons. The highest BCUT2D eigenvalue weighted by Gasteiger charge is 2.44. The van der Waals surface area contributed by atoms with Gasteiger partial charge < -0.3 is 24.4 Å². The van der Waals surface area contributed by atoms with Crippen molar-refractivity contribution in [3.63, 3.8) is 0 Å². The maximum absolute atomic E-state index is 13.7. The molecule has 1 saturated heterocycles. The molecule has 1 aliphatic rings. The van der Waals surface area contributed by atoms with E-state index in [9.17, 15) is 19.2 Å². The molecule has 10 nitrogen and oxygen atoms in total. The molecule has 1 heterocycles. The molecule has 3 aromatic carbocycles. The molecule has 11 heteroatoms. The molecule has 1 unspecified atom stereocenters. The van der Waals surface area contributed by atoms with Crippen molar-refractivity contribution in [1.29, 1.82) is 0 Å². The highest BCUT2D eigenvalue weighted by Crippen LogP contribution is 2.30. The Labute approximate surface area is 242 Å². The minimum absolute atomic E-state index is 0.175. The number of methoxy groups -OCH3 is 2. The Kier molecular flexibility index (Phi) is 9.30. The number of esters is 2. The highest BCUT2D eigenvalue weighted by atomic mass is 32.1. The van der Waals surface area contributed by atoms with Crippen molar-refractivity contribution in [2.24, 2.45) is 0 Å². The number of ether oxygens (including phenoxy) is 3. The first-order valence-electron chi connectivity index (χ1n) is 12.8. The third kappa shape index (κ3) is 6.69. The van der Waals surface area contributed by atoms with Crippen molar-refractivity contribution >= 4 is 52.5 Å². The van der Waals surface area contributed by atoms with Crippen LogP contribution in [0.5, 0.6) is 5.75 Å². The number of amides is 2. The number of rotatable bonds is 10. The molecule has 3 aromatic rings. The minimum Gasteiger partial charge on any atom is -0.497 e. The SMILES string of the molecule is CCOC(=O)c1ccc(N2C(=O)C(CC(=O)Nc3ccc(C(=O)OC)cc3)N(Cc3ccc(OC)cc3)C2=S)cc1. The Balaban J connectivity index is 1.57. The molecule has 1 N–H and O–H groups in total. The normalized spacial score (nSPS) is 14.6. The van der Waals surface area contributed by atoms with E-state index in [4.69, 9.17) is 26.4 Å². The van der Waals surface area contributed by atoms with Gasteiger partial charge in [0.2, 0.25) is 5.91 Å². The number of thiocarbonyl (C=S) groups is 1. The molecule has 212 valence electrons. The predicted octanol–water partition coefficient (Wildman–Crippen LogP) is 4.19. The number of anilines is 2. The summed E-state index contributed by atoms with van der Waals surface area (Å²) >= 11 is 5.74. The lowest BCUT2D eigenvalue weighted by molar-refractivity contribution is -0.124. The zero-order chi connectivity index (χ0) is 29.5. The Bertz CT molecular complexity index is 1440. The summed E-state index contributed by atoms with van der Waals surface area (Å²) in [5.74, 6) is -1.05. The van der Waals surface area contributed by atoms with Crippen LogP contribution in [-0.4, -0.2) is 60.6 Å². The number of hydrogen-bond acceptors (Lipinski definition) is 8. The van der Waals surface area contributed by atoms with E-state index in [2.05, 4.69) is 5.32 Å². The van der Waals surface area contributed by atoms with Crippen LogP contribution in [0.15, 0.2) is 72.8 Å². The molecule has 1 aliphatic heterocycles. The molecule has 0 bridgehead atoms. The number of nitrogens with zero attached hydrogens (tertiary/aromatic N) is 2. The zero-order valence-electron chi connectivity index (χ0n) is 22.8. The highest BCUT2D eigenvalue weighted by molar-refractivity contribution is 7.80. The maximum atomic E-state index is 13.7. The van der Waals surface area contributed by atoms with E-state index in [0.717, 1.165) is 5.56 Å². The number of nitrogens with one attached hydrogen (secondary N) is 1. The van der Waals surface area contributed by atoms with Gasteiger partial charge in [-0.2, -0.15) is 0 Å². The van der Waals surface area contributed by atoms with Crippen LogP contribution in [0.3, 0.4) is 0 Å². The Morgan fingerprint density at radius 1 is 0.878 bits per heavy atom. The van der Waals surface area contributed by atoms with Crippen LogP contribution < -0.4 is 15.0 Å². The van der Waals surface area contributed by atoms with Gasteiger partial charge in [0, 0.05) is 12.2 Å². The minimum atomic E-state index is -0.885. The average molecular weight is 576 g/mol. The summed E-state index contributed by atoms with van der Waals surface area (Å²) in [6.45, 7) is 2.24. The second kappa shape index (κ2) is 13.1. The van der Waals surface area contributed by atoms with E-state index in [-0.39, 0.29) is 30.6 Å². The first-order valence-corrected chi connectivity index (χ1v) is 13.2. The standard InChI is InChI=1S/C30H29N3O7S/c1-4-40-29(37)21-9-13-23(14-10-21)33-27(35)25(32(30(33)41)18-19-5-15-24(38-2)16-6-19)17-26(34)31-22-11-7-20(8-12-22)28(36)39-3/h5-16,25H,4,17-18H2,1-3H3,(H,31,34). The Morgan fingerprint density at radius 2 is 1.49 bits per heavy atom. The predicted molar refractivity (Wildman–Crippen MR) is 156 cm³/mol. The molecule has 0 aromatic heterocycles. The fraction of sp³-hybridized carbons (Fsp3) is 0.233. The summed E-state index contributed by atoms with van der Waals surface area (Å²) in [4.78, 5) is 53.7. The lowest BCUT2D eigenvalue weighted by Gasteiger charge is -2.24. The van der Waals surface area contributed by atoms with Gasteiger partial charge in [-0.05, 0) is 85.4 Å². The zero-order valence-corrected chi connectivity index (χ0v) is 23.6. The fourth-order valence-electron chi connectivity index (χ4n) is 4.34. The van der Waals surface area contributed by atoms with E-state index >= 15 is 0 Å². The Morgan fingerprint density at radius 3 is 2.07 bits per heavy atom. The first-order chi connectivity index (χ1) is 19.7. The molecule has 0 aliphatic carbocycles. The number of benzene rings is 3.